The van der Waals surface area contributed by atoms with Gasteiger partial charge in [0.25, 0.3) is 0 Å². The first-order valence-electron chi connectivity index (χ1n) is 8.64. The number of aromatic amines is 1. The normalized spacial score (nSPS) is 19.5. The van der Waals surface area contributed by atoms with Gasteiger partial charge in [0.15, 0.2) is 0 Å². The minimum Gasteiger partial charge on any atom is -0.492 e. The van der Waals surface area contributed by atoms with Crippen LogP contribution in [0.2, 0.25) is 0 Å². The second kappa shape index (κ2) is 6.76. The van der Waals surface area contributed by atoms with E-state index in [1.54, 1.807) is 12.3 Å². The predicted molar refractivity (Wildman–Crippen MR) is 87.7 cm³/mol. The lowest BCUT2D eigenvalue weighted by molar-refractivity contribution is 0.137. The van der Waals surface area contributed by atoms with Gasteiger partial charge in [0, 0.05) is 6.54 Å². The molecule has 1 aliphatic carbocycles. The molecular formula is C17H22N4O3. The molecule has 128 valence electrons. The molecule has 1 saturated heterocycles. The van der Waals surface area contributed by atoms with Gasteiger partial charge in [-0.05, 0) is 62.7 Å². The Bertz CT molecular complexity index is 712. The molecule has 0 unspecified atom stereocenters. The molecule has 4 rings (SSSR count). The highest BCUT2D eigenvalue weighted by atomic mass is 16.5. The molecule has 7 nitrogen and oxygen atoms in total. The summed E-state index contributed by atoms with van der Waals surface area (Å²) in [6, 6.07) is 3.61. The number of pyridine rings is 1. The molecule has 1 aliphatic heterocycles. The summed E-state index contributed by atoms with van der Waals surface area (Å²) < 4.78 is 10.3. The van der Waals surface area contributed by atoms with Crippen molar-refractivity contribution in [3.8, 4) is 17.3 Å². The van der Waals surface area contributed by atoms with Gasteiger partial charge in [-0.25, -0.2) is 9.78 Å². The summed E-state index contributed by atoms with van der Waals surface area (Å²) in [5, 5.41) is 3.62. The van der Waals surface area contributed by atoms with Crippen LogP contribution in [0.15, 0.2) is 27.6 Å². The number of likely N-dealkylation sites (tertiary alicyclic amines) is 1. The molecule has 7 heteroatoms. The molecular weight excluding hydrogens is 308 g/mol. The van der Waals surface area contributed by atoms with Crippen molar-refractivity contribution in [3.05, 3.63) is 28.9 Å². The molecule has 0 spiro atoms. The fraction of sp³-hybridized carbons (Fsp3) is 0.588. The number of ether oxygens (including phenoxy) is 1. The van der Waals surface area contributed by atoms with Gasteiger partial charge in [0.1, 0.15) is 11.4 Å². The van der Waals surface area contributed by atoms with Gasteiger partial charge >= 0.3 is 5.76 Å². The number of nitrogens with zero attached hydrogens (tertiary/aromatic N) is 3. The first kappa shape index (κ1) is 15.4. The van der Waals surface area contributed by atoms with E-state index in [4.69, 9.17) is 4.74 Å². The van der Waals surface area contributed by atoms with Crippen molar-refractivity contribution in [2.45, 2.75) is 25.7 Å². The van der Waals surface area contributed by atoms with Crippen molar-refractivity contribution < 1.29 is 9.26 Å². The summed E-state index contributed by atoms with van der Waals surface area (Å²) in [4.78, 5) is 20.3. The fourth-order valence-electron chi connectivity index (χ4n) is 3.16. The summed E-state index contributed by atoms with van der Waals surface area (Å²) in [6.07, 6.45) is 6.92. The maximum atomic E-state index is 11.0. The minimum absolute atomic E-state index is 0.328. The van der Waals surface area contributed by atoms with Crippen molar-refractivity contribution in [2.75, 3.05) is 26.2 Å². The van der Waals surface area contributed by atoms with Gasteiger partial charge in [0.2, 0.25) is 5.82 Å². The van der Waals surface area contributed by atoms with Gasteiger partial charge in [-0.3, -0.25) is 9.51 Å². The number of piperidine rings is 1. The highest BCUT2D eigenvalue weighted by molar-refractivity contribution is 5.48. The smallest absolute Gasteiger partial charge is 0.439 e. The molecule has 0 aromatic carbocycles. The molecule has 2 aromatic heterocycles. The van der Waals surface area contributed by atoms with Crippen molar-refractivity contribution >= 4 is 0 Å². The van der Waals surface area contributed by atoms with Crippen molar-refractivity contribution in [1.82, 2.24) is 20.0 Å². The van der Waals surface area contributed by atoms with E-state index in [1.165, 1.54) is 45.3 Å². The molecule has 0 amide bonds. The van der Waals surface area contributed by atoms with Gasteiger partial charge in [-0.1, -0.05) is 5.16 Å². The van der Waals surface area contributed by atoms with Gasteiger partial charge in [-0.15, -0.1) is 0 Å². The largest absolute Gasteiger partial charge is 0.492 e. The second-order valence-electron chi connectivity index (χ2n) is 6.82. The number of H-pyrrole nitrogens is 1. The van der Waals surface area contributed by atoms with Gasteiger partial charge in [-0.2, -0.15) is 0 Å². The third kappa shape index (κ3) is 3.84. The maximum Gasteiger partial charge on any atom is 0.439 e. The Kier molecular flexibility index (Phi) is 4.34. The van der Waals surface area contributed by atoms with E-state index in [-0.39, 0.29) is 0 Å². The molecule has 3 heterocycles. The van der Waals surface area contributed by atoms with Crippen LogP contribution in [-0.4, -0.2) is 46.3 Å². The van der Waals surface area contributed by atoms with Crippen LogP contribution >= 0.6 is 0 Å². The number of aromatic nitrogens is 3. The fourth-order valence-corrected chi connectivity index (χ4v) is 3.16. The molecule has 0 atom stereocenters. The molecule has 2 aliphatic rings. The topological polar surface area (TPSA) is 84.3 Å². The molecule has 2 fully saturated rings. The Labute approximate surface area is 140 Å². The average molecular weight is 330 g/mol. The zero-order chi connectivity index (χ0) is 16.4. The summed E-state index contributed by atoms with van der Waals surface area (Å²) in [6.45, 7) is 4.42. The average Bonchev–Trinajstić information content (AvgIpc) is 3.32. The van der Waals surface area contributed by atoms with Crippen LogP contribution in [-0.2, 0) is 0 Å². The number of rotatable bonds is 6. The monoisotopic (exact) mass is 330 g/mol. The SMILES string of the molecule is O=c1[nH]c(-c2ccc(OCC3CCN(CC4CC4)CC3)cn2)no1. The van der Waals surface area contributed by atoms with Crippen LogP contribution in [0.4, 0.5) is 0 Å². The number of hydrogen-bond donors (Lipinski definition) is 1. The number of nitrogens with one attached hydrogen (secondary N) is 1. The van der Waals surface area contributed by atoms with Crippen LogP contribution in [0, 0.1) is 11.8 Å². The predicted octanol–water partition coefficient (Wildman–Crippen LogP) is 1.93. The Hall–Kier alpha value is -2.15. The lowest BCUT2D eigenvalue weighted by Gasteiger charge is -2.31. The Morgan fingerprint density at radius 1 is 1.21 bits per heavy atom. The third-order valence-corrected chi connectivity index (χ3v) is 4.83. The first-order chi connectivity index (χ1) is 11.8. The van der Waals surface area contributed by atoms with E-state index < -0.39 is 5.76 Å². The molecule has 1 saturated carbocycles. The molecule has 1 N–H and O–H groups in total. The van der Waals surface area contributed by atoms with E-state index in [9.17, 15) is 4.79 Å². The van der Waals surface area contributed by atoms with Gasteiger partial charge < -0.3 is 9.64 Å². The Balaban J connectivity index is 1.25. The quantitative estimate of drug-likeness (QED) is 0.871. The van der Waals surface area contributed by atoms with E-state index in [1.807, 2.05) is 6.07 Å². The summed E-state index contributed by atoms with van der Waals surface area (Å²) >= 11 is 0. The first-order valence-corrected chi connectivity index (χ1v) is 8.64. The molecule has 2 aromatic rings. The van der Waals surface area contributed by atoms with Crippen LogP contribution in [0.25, 0.3) is 11.5 Å². The summed E-state index contributed by atoms with van der Waals surface area (Å²) in [5.74, 6) is 2.08. The lowest BCUT2D eigenvalue weighted by Crippen LogP contribution is -2.36. The molecule has 0 radical (unpaired) electrons. The van der Waals surface area contributed by atoms with Crippen LogP contribution in [0.5, 0.6) is 5.75 Å². The number of hydrogen-bond acceptors (Lipinski definition) is 6. The highest BCUT2D eigenvalue weighted by Gasteiger charge is 2.27. The lowest BCUT2D eigenvalue weighted by atomic mass is 9.97. The molecule has 24 heavy (non-hydrogen) atoms. The van der Waals surface area contributed by atoms with E-state index in [2.05, 4.69) is 24.5 Å². The second-order valence-corrected chi connectivity index (χ2v) is 6.82. The van der Waals surface area contributed by atoms with Crippen molar-refractivity contribution in [2.24, 2.45) is 11.8 Å². The van der Waals surface area contributed by atoms with Crippen LogP contribution < -0.4 is 10.5 Å². The van der Waals surface area contributed by atoms with E-state index >= 15 is 0 Å². The van der Waals surface area contributed by atoms with Crippen molar-refractivity contribution in [3.63, 3.8) is 0 Å². The van der Waals surface area contributed by atoms with E-state index in [0.29, 0.717) is 17.4 Å². The summed E-state index contributed by atoms with van der Waals surface area (Å²) in [5.41, 5.74) is 0.557. The van der Waals surface area contributed by atoms with Crippen LogP contribution in [0.3, 0.4) is 0 Å². The third-order valence-electron chi connectivity index (χ3n) is 4.83. The Morgan fingerprint density at radius 3 is 2.67 bits per heavy atom. The Morgan fingerprint density at radius 2 is 2.04 bits per heavy atom. The summed E-state index contributed by atoms with van der Waals surface area (Å²) in [7, 11) is 0. The van der Waals surface area contributed by atoms with Gasteiger partial charge in [0.05, 0.1) is 12.8 Å². The van der Waals surface area contributed by atoms with Crippen molar-refractivity contribution in [1.29, 1.82) is 0 Å². The van der Waals surface area contributed by atoms with E-state index in [0.717, 1.165) is 18.3 Å². The zero-order valence-corrected chi connectivity index (χ0v) is 13.6. The highest BCUT2D eigenvalue weighted by Crippen LogP contribution is 2.31. The van der Waals surface area contributed by atoms with Crippen LogP contribution in [0.1, 0.15) is 25.7 Å². The maximum absolute atomic E-state index is 11.0. The standard InChI is InChI=1S/C17H22N4O3/c22-17-19-16(20-24-17)15-4-3-14(9-18-15)23-11-13-5-7-21(8-6-13)10-12-1-2-12/h3-4,9,12-13H,1-2,5-8,10-11H2,(H,19,20,22). The minimum atomic E-state index is -0.583. The molecule has 0 bridgehead atoms. The zero-order valence-electron chi connectivity index (χ0n) is 13.6.